The molecule has 0 aliphatic rings. The van der Waals surface area contributed by atoms with Crippen molar-refractivity contribution in [3.8, 4) is 12.1 Å². The fraction of sp³-hybridized carbons (Fsp3) is 0.154. The van der Waals surface area contributed by atoms with Gasteiger partial charge in [-0.05, 0) is 12.5 Å². The molecule has 0 aliphatic carbocycles. The molecule has 0 N–H and O–H groups in total. The van der Waals surface area contributed by atoms with Gasteiger partial charge in [0.25, 0.3) is 0 Å². The molecule has 0 atom stereocenters. The van der Waals surface area contributed by atoms with Gasteiger partial charge < -0.3 is 0 Å². The number of nitriles is 2. The molecule has 1 rings (SSSR count). The molecule has 0 unspecified atom stereocenters. The second kappa shape index (κ2) is 7.60. The molecule has 5 heteroatoms. The van der Waals surface area contributed by atoms with E-state index >= 15 is 0 Å². The first-order valence-corrected chi connectivity index (χ1v) is 7.48. The van der Waals surface area contributed by atoms with Gasteiger partial charge in [0.2, 0.25) is 0 Å². The predicted octanol–water partition coefficient (Wildman–Crippen LogP) is 3.53. The van der Waals surface area contributed by atoms with Crippen LogP contribution in [0, 0.1) is 22.7 Å². The minimum atomic E-state index is 0.0294. The van der Waals surface area contributed by atoms with Gasteiger partial charge in [0.05, 0.1) is 0 Å². The highest BCUT2D eigenvalue weighted by Gasteiger charge is 2.09. The lowest BCUT2D eigenvalue weighted by molar-refractivity contribution is 1.43. The van der Waals surface area contributed by atoms with Crippen molar-refractivity contribution in [2.75, 3.05) is 12.5 Å². The van der Waals surface area contributed by atoms with Crippen LogP contribution in [0.5, 0.6) is 0 Å². The lowest BCUT2D eigenvalue weighted by Gasteiger charge is -2.04. The van der Waals surface area contributed by atoms with E-state index in [9.17, 15) is 0 Å². The summed E-state index contributed by atoms with van der Waals surface area (Å²) < 4.78 is 0.817. The Labute approximate surface area is 115 Å². The molecular formula is C13H11N3S2. The summed E-state index contributed by atoms with van der Waals surface area (Å²) in [5.41, 5.74) is 1.23. The molecule has 0 bridgehead atoms. The van der Waals surface area contributed by atoms with E-state index in [4.69, 9.17) is 10.5 Å². The van der Waals surface area contributed by atoms with Crippen LogP contribution >= 0.6 is 23.5 Å². The quantitative estimate of drug-likeness (QED) is 0.470. The van der Waals surface area contributed by atoms with E-state index in [1.807, 2.05) is 55.0 Å². The molecule has 0 aliphatic heterocycles. The predicted molar refractivity (Wildman–Crippen MR) is 79.1 cm³/mol. The molecule has 1 aromatic carbocycles. The molecule has 0 heterocycles. The number of thioether (sulfide) groups is 2. The maximum Gasteiger partial charge on any atom is 0.155 e. The number of nitrogens with zero attached hydrogens (tertiary/aromatic N) is 3. The Morgan fingerprint density at radius 1 is 1.06 bits per heavy atom. The molecule has 3 nitrogen and oxygen atoms in total. The summed E-state index contributed by atoms with van der Waals surface area (Å²) in [6, 6.07) is 13.1. The SMILES string of the molecule is CSC(=NC(=C(C#N)C#N)c1ccccc1)SC. The van der Waals surface area contributed by atoms with E-state index in [1.165, 1.54) is 23.5 Å². The van der Waals surface area contributed by atoms with Gasteiger partial charge in [-0.15, -0.1) is 23.5 Å². The van der Waals surface area contributed by atoms with Crippen LogP contribution in [0.2, 0.25) is 0 Å². The highest BCUT2D eigenvalue weighted by atomic mass is 32.2. The standard InChI is InChI=1S/C13H11N3S2/c1-17-13(18-2)16-12(11(8-14)9-15)10-6-4-3-5-7-10/h3-7H,1-2H3. The van der Waals surface area contributed by atoms with Crippen LogP contribution < -0.4 is 0 Å². The summed E-state index contributed by atoms with van der Waals surface area (Å²) in [5, 5.41) is 18.0. The number of benzene rings is 1. The zero-order valence-electron chi connectivity index (χ0n) is 10.0. The molecule has 0 saturated carbocycles. The topological polar surface area (TPSA) is 59.9 Å². The maximum absolute atomic E-state index is 9.00. The molecule has 90 valence electrons. The normalized spacial score (nSPS) is 8.89. The third kappa shape index (κ3) is 3.66. The zero-order chi connectivity index (χ0) is 13.4. The van der Waals surface area contributed by atoms with Crippen molar-refractivity contribution in [1.82, 2.24) is 0 Å². The van der Waals surface area contributed by atoms with Crippen molar-refractivity contribution >= 4 is 33.6 Å². The van der Waals surface area contributed by atoms with Crippen molar-refractivity contribution < 1.29 is 0 Å². The summed E-state index contributed by atoms with van der Waals surface area (Å²) in [4.78, 5) is 4.40. The van der Waals surface area contributed by atoms with Gasteiger partial charge in [-0.1, -0.05) is 30.3 Å². The van der Waals surface area contributed by atoms with Gasteiger partial charge >= 0.3 is 0 Å². The summed E-state index contributed by atoms with van der Waals surface area (Å²) in [5.74, 6) is 0. The second-order valence-electron chi connectivity index (χ2n) is 3.10. The van der Waals surface area contributed by atoms with Crippen molar-refractivity contribution in [3.05, 3.63) is 41.5 Å². The van der Waals surface area contributed by atoms with Gasteiger partial charge in [0.15, 0.2) is 5.57 Å². The number of allylic oxidation sites excluding steroid dienone is 1. The molecule has 0 spiro atoms. The highest BCUT2D eigenvalue weighted by Crippen LogP contribution is 2.24. The Morgan fingerprint density at radius 2 is 1.61 bits per heavy atom. The summed E-state index contributed by atoms with van der Waals surface area (Å²) in [6.07, 6.45) is 3.83. The molecule has 18 heavy (non-hydrogen) atoms. The highest BCUT2D eigenvalue weighted by molar-refractivity contribution is 8.38. The number of hydrogen-bond donors (Lipinski definition) is 0. The molecular weight excluding hydrogens is 262 g/mol. The minimum Gasteiger partial charge on any atom is -0.232 e. The van der Waals surface area contributed by atoms with Crippen molar-refractivity contribution in [3.63, 3.8) is 0 Å². The largest absolute Gasteiger partial charge is 0.232 e. The molecule has 0 saturated heterocycles. The third-order valence-electron chi connectivity index (χ3n) is 2.06. The van der Waals surface area contributed by atoms with Crippen molar-refractivity contribution in [1.29, 1.82) is 10.5 Å². The molecule has 1 aromatic rings. The van der Waals surface area contributed by atoms with E-state index in [0.717, 1.165) is 9.94 Å². The fourth-order valence-corrected chi connectivity index (χ4v) is 2.29. The van der Waals surface area contributed by atoms with E-state index < -0.39 is 0 Å². The minimum absolute atomic E-state index is 0.0294. The molecule has 0 fully saturated rings. The smallest absolute Gasteiger partial charge is 0.155 e. The third-order valence-corrected chi connectivity index (χ3v) is 3.94. The average molecular weight is 273 g/mol. The monoisotopic (exact) mass is 273 g/mol. The Balaban J connectivity index is 3.40. The van der Waals surface area contributed by atoms with Gasteiger partial charge in [0.1, 0.15) is 22.2 Å². The van der Waals surface area contributed by atoms with Crippen molar-refractivity contribution in [2.45, 2.75) is 0 Å². The lowest BCUT2D eigenvalue weighted by Crippen LogP contribution is -1.90. The van der Waals surface area contributed by atoms with Gasteiger partial charge in [-0.25, -0.2) is 4.99 Å². The van der Waals surface area contributed by atoms with Crippen LogP contribution in [-0.4, -0.2) is 16.9 Å². The van der Waals surface area contributed by atoms with Crippen LogP contribution in [0.15, 0.2) is 40.9 Å². The summed E-state index contributed by atoms with van der Waals surface area (Å²) in [6.45, 7) is 0. The molecule has 0 radical (unpaired) electrons. The second-order valence-corrected chi connectivity index (χ2v) is 4.95. The zero-order valence-corrected chi connectivity index (χ0v) is 11.7. The first-order valence-electron chi connectivity index (χ1n) is 5.03. The van der Waals surface area contributed by atoms with Crippen LogP contribution in [0.1, 0.15) is 5.56 Å². The number of hydrogen-bond acceptors (Lipinski definition) is 5. The molecule has 0 aromatic heterocycles. The first-order chi connectivity index (χ1) is 8.76. The van der Waals surface area contributed by atoms with Gasteiger partial charge in [-0.3, -0.25) is 0 Å². The van der Waals surface area contributed by atoms with E-state index in [0.29, 0.717) is 5.70 Å². The summed E-state index contributed by atoms with van der Waals surface area (Å²) >= 11 is 2.98. The first kappa shape index (κ1) is 14.4. The van der Waals surface area contributed by atoms with Gasteiger partial charge in [0, 0.05) is 5.56 Å². The Bertz CT molecular complexity index is 526. The summed E-state index contributed by atoms with van der Waals surface area (Å²) in [7, 11) is 0. The average Bonchev–Trinajstić information content (AvgIpc) is 2.44. The fourth-order valence-electron chi connectivity index (χ4n) is 1.26. The van der Waals surface area contributed by atoms with Crippen LogP contribution in [-0.2, 0) is 0 Å². The van der Waals surface area contributed by atoms with Crippen LogP contribution in [0.4, 0.5) is 0 Å². The number of aliphatic imine (C=N–C) groups is 1. The Hall–Kier alpha value is -1.69. The van der Waals surface area contributed by atoms with Crippen molar-refractivity contribution in [2.24, 2.45) is 4.99 Å². The van der Waals surface area contributed by atoms with E-state index in [2.05, 4.69) is 4.99 Å². The van der Waals surface area contributed by atoms with Gasteiger partial charge in [-0.2, -0.15) is 10.5 Å². The van der Waals surface area contributed by atoms with E-state index in [1.54, 1.807) is 0 Å². The molecule has 0 amide bonds. The Kier molecular flexibility index (Phi) is 6.07. The van der Waals surface area contributed by atoms with Crippen LogP contribution in [0.3, 0.4) is 0 Å². The maximum atomic E-state index is 9.00. The lowest BCUT2D eigenvalue weighted by atomic mass is 10.1. The van der Waals surface area contributed by atoms with E-state index in [-0.39, 0.29) is 5.57 Å². The van der Waals surface area contributed by atoms with Crippen LogP contribution in [0.25, 0.3) is 5.70 Å². The number of rotatable bonds is 2. The Morgan fingerprint density at radius 3 is 2.06 bits per heavy atom.